The molecule has 0 aliphatic rings. The van der Waals surface area contributed by atoms with E-state index in [0.717, 1.165) is 103 Å². The molecule has 408 valence electrons. The minimum Gasteiger partial charge on any atom is -0.462 e. The van der Waals surface area contributed by atoms with Gasteiger partial charge >= 0.3 is 25.7 Å². The lowest BCUT2D eigenvalue weighted by Crippen LogP contribution is -2.30. The first-order valence-electron chi connectivity index (χ1n) is 27.4. The van der Waals surface area contributed by atoms with E-state index < -0.39 is 57.8 Å². The lowest BCUT2D eigenvalue weighted by molar-refractivity contribution is -0.160. The molecular formula is C60H97O11P. The van der Waals surface area contributed by atoms with Crippen molar-refractivity contribution in [3.63, 3.8) is 0 Å². The number of esters is 3. The molecule has 0 fully saturated rings. The van der Waals surface area contributed by atoms with Crippen LogP contribution in [0, 0.1) is 0 Å². The quantitative estimate of drug-likeness (QED) is 0.0197. The molecule has 0 aromatic carbocycles. The number of aliphatic hydroxyl groups is 1. The van der Waals surface area contributed by atoms with Gasteiger partial charge in [-0.15, -0.1) is 0 Å². The van der Waals surface area contributed by atoms with Crippen molar-refractivity contribution in [1.82, 2.24) is 0 Å². The summed E-state index contributed by atoms with van der Waals surface area (Å²) < 4.78 is 39.3. The molecular weight excluding hydrogens is 928 g/mol. The van der Waals surface area contributed by atoms with Gasteiger partial charge in [-0.2, -0.15) is 0 Å². The van der Waals surface area contributed by atoms with Crippen LogP contribution >= 0.6 is 7.82 Å². The Morgan fingerprint density at radius 2 is 0.778 bits per heavy atom. The second-order valence-electron chi connectivity index (χ2n) is 17.6. The van der Waals surface area contributed by atoms with Crippen molar-refractivity contribution in [2.75, 3.05) is 26.4 Å². The van der Waals surface area contributed by atoms with Crippen LogP contribution in [-0.2, 0) is 42.2 Å². The van der Waals surface area contributed by atoms with Crippen LogP contribution in [0.15, 0.2) is 122 Å². The minimum atomic E-state index is -4.79. The van der Waals surface area contributed by atoms with Crippen LogP contribution in [-0.4, -0.2) is 66.5 Å². The van der Waals surface area contributed by atoms with Gasteiger partial charge < -0.3 is 24.2 Å². The number of unbranched alkanes of at least 4 members (excludes halogenated alkanes) is 13. The van der Waals surface area contributed by atoms with E-state index in [1.807, 2.05) is 18.2 Å². The fraction of sp³-hybridized carbons (Fsp3) is 0.617. The average molecular weight is 1030 g/mol. The third-order valence-corrected chi connectivity index (χ3v) is 11.8. The molecule has 0 aliphatic carbocycles. The van der Waals surface area contributed by atoms with Crippen LogP contribution in [0.3, 0.4) is 0 Å². The van der Waals surface area contributed by atoms with E-state index in [1.54, 1.807) is 6.08 Å². The summed E-state index contributed by atoms with van der Waals surface area (Å²) in [6, 6.07) is 0. The molecule has 0 saturated carbocycles. The Morgan fingerprint density at radius 1 is 0.417 bits per heavy atom. The normalized spacial score (nSPS) is 14.3. The van der Waals surface area contributed by atoms with Gasteiger partial charge in [0.25, 0.3) is 0 Å². The highest BCUT2D eigenvalue weighted by Crippen LogP contribution is 2.43. The van der Waals surface area contributed by atoms with Gasteiger partial charge in [-0.05, 0) is 109 Å². The van der Waals surface area contributed by atoms with E-state index in [4.69, 9.17) is 23.3 Å². The zero-order valence-electron chi connectivity index (χ0n) is 44.8. The van der Waals surface area contributed by atoms with E-state index in [2.05, 4.69) is 118 Å². The number of aliphatic hydroxyl groups excluding tert-OH is 1. The zero-order chi connectivity index (χ0) is 52.7. The SMILES string of the molecule is CC/C=C\C/C=C\C/C=C\C/C=C\C/C=C\CC(=O)OC(COC(=O)CCCCCCC/C=C\CCCCCCCC)COP(=O)(O)OCC(CO)OC(=O)CCCC/C=C\C/C=C\C/C=C\C/C=C\CC. The summed E-state index contributed by atoms with van der Waals surface area (Å²) in [5, 5.41) is 9.79. The summed E-state index contributed by atoms with van der Waals surface area (Å²) in [5.41, 5.74) is 0. The molecule has 0 radical (unpaired) electrons. The van der Waals surface area contributed by atoms with Gasteiger partial charge in [0.1, 0.15) is 12.7 Å². The predicted octanol–water partition coefficient (Wildman–Crippen LogP) is 16.0. The largest absolute Gasteiger partial charge is 0.472 e. The van der Waals surface area contributed by atoms with Crippen molar-refractivity contribution >= 4 is 25.7 Å². The first-order chi connectivity index (χ1) is 35.2. The van der Waals surface area contributed by atoms with Crippen molar-refractivity contribution in [3.8, 4) is 0 Å². The summed E-state index contributed by atoms with van der Waals surface area (Å²) in [6.45, 7) is 4.22. The van der Waals surface area contributed by atoms with Crippen LogP contribution in [0.4, 0.5) is 0 Å². The molecule has 0 aliphatic heterocycles. The lowest BCUT2D eigenvalue weighted by Gasteiger charge is -2.21. The molecule has 3 unspecified atom stereocenters. The average Bonchev–Trinajstić information content (AvgIpc) is 3.37. The number of carbonyl (C=O) groups excluding carboxylic acids is 3. The van der Waals surface area contributed by atoms with Gasteiger partial charge in [-0.1, -0.05) is 194 Å². The predicted molar refractivity (Wildman–Crippen MR) is 297 cm³/mol. The molecule has 0 heterocycles. The van der Waals surface area contributed by atoms with Gasteiger partial charge in [-0.3, -0.25) is 23.4 Å². The molecule has 0 rings (SSSR count). The monoisotopic (exact) mass is 1020 g/mol. The summed E-state index contributed by atoms with van der Waals surface area (Å²) >= 11 is 0. The Hall–Kier alpha value is -4.12. The molecule has 0 aromatic rings. The molecule has 3 atom stereocenters. The Balaban J connectivity index is 4.91. The van der Waals surface area contributed by atoms with Crippen molar-refractivity contribution in [2.45, 2.75) is 213 Å². The van der Waals surface area contributed by atoms with Crippen LogP contribution in [0.2, 0.25) is 0 Å². The van der Waals surface area contributed by atoms with Gasteiger partial charge in [-0.25, -0.2) is 4.57 Å². The molecule has 11 nitrogen and oxygen atoms in total. The van der Waals surface area contributed by atoms with E-state index in [0.29, 0.717) is 19.3 Å². The maximum absolute atomic E-state index is 12.9. The number of ether oxygens (including phenoxy) is 3. The Morgan fingerprint density at radius 3 is 1.26 bits per heavy atom. The van der Waals surface area contributed by atoms with Crippen molar-refractivity contribution in [1.29, 1.82) is 0 Å². The number of phosphoric acid groups is 1. The Kier molecular flexibility index (Phi) is 50.1. The number of hydrogen-bond donors (Lipinski definition) is 2. The van der Waals surface area contributed by atoms with E-state index >= 15 is 0 Å². The number of allylic oxidation sites excluding steroid dienone is 19. The Bertz CT molecular complexity index is 1670. The lowest BCUT2D eigenvalue weighted by atomic mass is 10.1. The number of phosphoric ester groups is 1. The molecule has 12 heteroatoms. The van der Waals surface area contributed by atoms with E-state index in [-0.39, 0.29) is 25.9 Å². The second-order valence-corrected chi connectivity index (χ2v) is 19.1. The summed E-state index contributed by atoms with van der Waals surface area (Å²) in [5.74, 6) is -1.69. The fourth-order valence-corrected chi connectivity index (χ4v) is 7.55. The molecule has 0 saturated heterocycles. The van der Waals surface area contributed by atoms with Crippen LogP contribution in [0.1, 0.15) is 201 Å². The third kappa shape index (κ3) is 50.8. The first kappa shape index (κ1) is 67.9. The smallest absolute Gasteiger partial charge is 0.462 e. The minimum absolute atomic E-state index is 0.0752. The first-order valence-corrected chi connectivity index (χ1v) is 28.9. The van der Waals surface area contributed by atoms with Crippen LogP contribution in [0.5, 0.6) is 0 Å². The summed E-state index contributed by atoms with van der Waals surface area (Å²) in [7, 11) is -4.79. The third-order valence-electron chi connectivity index (χ3n) is 10.9. The summed E-state index contributed by atoms with van der Waals surface area (Å²) in [6.07, 6.45) is 64.8. The van der Waals surface area contributed by atoms with Gasteiger partial charge in [0.2, 0.25) is 0 Å². The van der Waals surface area contributed by atoms with Gasteiger partial charge in [0, 0.05) is 12.8 Å². The van der Waals surface area contributed by atoms with E-state index in [9.17, 15) is 28.9 Å². The summed E-state index contributed by atoms with van der Waals surface area (Å²) in [4.78, 5) is 48.4. The number of carbonyl (C=O) groups is 3. The van der Waals surface area contributed by atoms with E-state index in [1.165, 1.54) is 38.5 Å². The fourth-order valence-electron chi connectivity index (χ4n) is 6.77. The zero-order valence-corrected chi connectivity index (χ0v) is 45.7. The maximum atomic E-state index is 12.9. The highest BCUT2D eigenvalue weighted by Gasteiger charge is 2.28. The van der Waals surface area contributed by atoms with Gasteiger partial charge in [0.15, 0.2) is 6.10 Å². The van der Waals surface area contributed by atoms with Gasteiger partial charge in [0.05, 0.1) is 26.2 Å². The maximum Gasteiger partial charge on any atom is 0.472 e. The second kappa shape index (κ2) is 53.2. The standard InChI is InChI=1S/C60H97O11P/c1-4-7-10-13-16-19-22-25-28-31-34-37-40-43-46-49-58(62)67-53-57(71-60(64)51-48-45-42-39-36-33-30-27-24-21-18-15-12-9-6-3)55-69-72(65,66)68-54-56(52-61)70-59(63)50-47-44-41-38-35-32-29-26-23-20-17-14-11-8-5-2/h8-9,11-12,17-18,20-21,25-30,35-36,38-39,45,48,56-57,61H,4-7,10,13-16,19,22-24,31-34,37,40-44,46-47,49-55H2,1-3H3,(H,65,66)/b11-8-,12-9-,20-17-,21-18-,28-25-,29-26-,30-27-,38-35-,39-36-,48-45-. The number of rotatable bonds is 49. The molecule has 72 heavy (non-hydrogen) atoms. The molecule has 0 bridgehead atoms. The Labute approximate surface area is 437 Å². The van der Waals surface area contributed by atoms with Crippen LogP contribution in [0.25, 0.3) is 0 Å². The topological polar surface area (TPSA) is 155 Å². The molecule has 2 N–H and O–H groups in total. The number of hydrogen-bond acceptors (Lipinski definition) is 10. The van der Waals surface area contributed by atoms with Crippen molar-refractivity contribution in [3.05, 3.63) is 122 Å². The molecule has 0 spiro atoms. The highest BCUT2D eigenvalue weighted by molar-refractivity contribution is 7.47. The molecule has 0 aromatic heterocycles. The molecule has 0 amide bonds. The van der Waals surface area contributed by atoms with Crippen LogP contribution < -0.4 is 0 Å². The van der Waals surface area contributed by atoms with Crippen molar-refractivity contribution < 1.29 is 52.2 Å². The highest BCUT2D eigenvalue weighted by atomic mass is 31.2. The van der Waals surface area contributed by atoms with Crippen molar-refractivity contribution in [2.24, 2.45) is 0 Å².